The average molecular weight is 220 g/mol. The quantitative estimate of drug-likeness (QED) is 0.665. The molecule has 0 saturated heterocycles. The first kappa shape index (κ1) is 13.2. The van der Waals surface area contributed by atoms with E-state index < -0.39 is 0 Å². The summed E-state index contributed by atoms with van der Waals surface area (Å²) in [6, 6.07) is 0. The van der Waals surface area contributed by atoms with Gasteiger partial charge in [0.2, 0.25) is 0 Å². The van der Waals surface area contributed by atoms with Crippen LogP contribution in [-0.4, -0.2) is 11.2 Å². The van der Waals surface area contributed by atoms with Crippen LogP contribution in [0.3, 0.4) is 0 Å². The lowest BCUT2D eigenvalue weighted by Crippen LogP contribution is -2.24. The zero-order chi connectivity index (χ0) is 12.1. The molecule has 0 saturated carbocycles. The van der Waals surface area contributed by atoms with Gasteiger partial charge in [-0.15, -0.1) is 0 Å². The van der Waals surface area contributed by atoms with E-state index in [0.29, 0.717) is 5.92 Å². The molecular weight excluding hydrogens is 196 g/mol. The summed E-state index contributed by atoms with van der Waals surface area (Å²) in [5.41, 5.74) is 2.45. The predicted octanol–water partition coefficient (Wildman–Crippen LogP) is 3.86. The Bertz CT molecular complexity index is 297. The summed E-state index contributed by atoms with van der Waals surface area (Å²) in [4.78, 5) is 0. The van der Waals surface area contributed by atoms with E-state index >= 15 is 0 Å². The average Bonchev–Trinajstić information content (AvgIpc) is 2.16. The van der Waals surface area contributed by atoms with E-state index in [1.54, 1.807) is 0 Å². The van der Waals surface area contributed by atoms with Gasteiger partial charge in [-0.25, -0.2) is 0 Å². The van der Waals surface area contributed by atoms with Crippen molar-refractivity contribution in [1.29, 1.82) is 0 Å². The van der Waals surface area contributed by atoms with E-state index in [9.17, 15) is 5.11 Å². The van der Waals surface area contributed by atoms with E-state index in [4.69, 9.17) is 0 Å². The third kappa shape index (κ3) is 3.97. The first-order chi connectivity index (χ1) is 7.50. The first-order valence-corrected chi connectivity index (χ1v) is 6.20. The van der Waals surface area contributed by atoms with Gasteiger partial charge >= 0.3 is 0 Å². The lowest BCUT2D eigenvalue weighted by atomic mass is 9.85. The summed E-state index contributed by atoms with van der Waals surface area (Å²) in [6.07, 6.45) is 9.03. The highest BCUT2D eigenvalue weighted by Gasteiger charge is 2.20. The van der Waals surface area contributed by atoms with Crippen LogP contribution in [0.2, 0.25) is 0 Å². The van der Waals surface area contributed by atoms with Gasteiger partial charge in [0.15, 0.2) is 0 Å². The fourth-order valence-corrected chi connectivity index (χ4v) is 2.18. The van der Waals surface area contributed by atoms with Crippen molar-refractivity contribution in [1.82, 2.24) is 0 Å². The van der Waals surface area contributed by atoms with Crippen molar-refractivity contribution in [2.45, 2.75) is 46.1 Å². The molecule has 0 spiro atoms. The summed E-state index contributed by atoms with van der Waals surface area (Å²) < 4.78 is 0. The number of aliphatic hydroxyl groups excluding tert-OH is 1. The Morgan fingerprint density at radius 2 is 2.12 bits per heavy atom. The Hall–Kier alpha value is -0.820. The molecule has 90 valence electrons. The first-order valence-electron chi connectivity index (χ1n) is 6.20. The third-order valence-electron chi connectivity index (χ3n) is 3.26. The molecule has 1 aliphatic carbocycles. The largest absolute Gasteiger partial charge is 0.392 e. The Kier molecular flexibility index (Phi) is 5.01. The van der Waals surface area contributed by atoms with Crippen molar-refractivity contribution in [3.63, 3.8) is 0 Å². The lowest BCUT2D eigenvalue weighted by Gasteiger charge is -2.24. The molecule has 2 atom stereocenters. The molecule has 0 radical (unpaired) electrons. The van der Waals surface area contributed by atoms with Gasteiger partial charge in [-0.3, -0.25) is 0 Å². The maximum Gasteiger partial charge on any atom is 0.0642 e. The topological polar surface area (TPSA) is 20.2 Å². The smallest absolute Gasteiger partial charge is 0.0642 e. The molecule has 0 bridgehead atoms. The lowest BCUT2D eigenvalue weighted by molar-refractivity contribution is 0.107. The molecule has 0 heterocycles. The summed E-state index contributed by atoms with van der Waals surface area (Å²) in [7, 11) is 0. The maximum atomic E-state index is 10.2. The summed E-state index contributed by atoms with van der Waals surface area (Å²) >= 11 is 0. The van der Waals surface area contributed by atoms with Crippen LogP contribution in [0.4, 0.5) is 0 Å². The van der Waals surface area contributed by atoms with Crippen molar-refractivity contribution in [2.24, 2.45) is 11.8 Å². The van der Waals surface area contributed by atoms with Gasteiger partial charge in [0.1, 0.15) is 0 Å². The van der Waals surface area contributed by atoms with Crippen LogP contribution in [0.1, 0.15) is 40.0 Å². The zero-order valence-electron chi connectivity index (χ0n) is 10.7. The van der Waals surface area contributed by atoms with E-state index in [1.165, 1.54) is 5.57 Å². The molecule has 0 fully saturated rings. The fourth-order valence-electron chi connectivity index (χ4n) is 2.18. The second-order valence-electron chi connectivity index (χ2n) is 5.20. The van der Waals surface area contributed by atoms with Crippen molar-refractivity contribution >= 4 is 0 Å². The van der Waals surface area contributed by atoms with Crippen molar-refractivity contribution in [3.8, 4) is 0 Å². The number of hydrogen-bond donors (Lipinski definition) is 1. The third-order valence-corrected chi connectivity index (χ3v) is 3.26. The minimum absolute atomic E-state index is 0.234. The molecule has 0 aromatic rings. The monoisotopic (exact) mass is 220 g/mol. The van der Waals surface area contributed by atoms with Crippen LogP contribution >= 0.6 is 0 Å². The number of hydrogen-bond acceptors (Lipinski definition) is 1. The number of rotatable bonds is 1. The molecule has 0 aromatic heterocycles. The normalized spacial score (nSPS) is 33.3. The van der Waals surface area contributed by atoms with Crippen molar-refractivity contribution < 1.29 is 5.11 Å². The van der Waals surface area contributed by atoms with E-state index in [-0.39, 0.29) is 12.0 Å². The van der Waals surface area contributed by atoms with Crippen molar-refractivity contribution in [2.75, 3.05) is 0 Å². The van der Waals surface area contributed by atoms with Gasteiger partial charge in [-0.05, 0) is 32.1 Å². The predicted molar refractivity (Wildman–Crippen MR) is 70.2 cm³/mol. The zero-order valence-corrected chi connectivity index (χ0v) is 10.7. The maximum absolute atomic E-state index is 10.2. The van der Waals surface area contributed by atoms with Crippen LogP contribution in [0.15, 0.2) is 36.0 Å². The van der Waals surface area contributed by atoms with E-state index in [1.807, 2.05) is 0 Å². The highest BCUT2D eigenvalue weighted by molar-refractivity contribution is 5.18. The van der Waals surface area contributed by atoms with Crippen LogP contribution in [-0.2, 0) is 0 Å². The molecular formula is C15H24O. The molecule has 1 N–H and O–H groups in total. The highest BCUT2D eigenvalue weighted by Crippen LogP contribution is 2.24. The molecule has 0 aliphatic heterocycles. The van der Waals surface area contributed by atoms with Crippen LogP contribution in [0.25, 0.3) is 0 Å². The van der Waals surface area contributed by atoms with Gasteiger partial charge in [0, 0.05) is 5.92 Å². The van der Waals surface area contributed by atoms with Gasteiger partial charge in [-0.1, -0.05) is 49.8 Å². The highest BCUT2D eigenvalue weighted by atomic mass is 16.3. The number of aliphatic hydroxyl groups is 1. The van der Waals surface area contributed by atoms with Crippen molar-refractivity contribution in [3.05, 3.63) is 36.0 Å². The van der Waals surface area contributed by atoms with Crippen LogP contribution in [0.5, 0.6) is 0 Å². The Morgan fingerprint density at radius 1 is 1.44 bits per heavy atom. The second kappa shape index (κ2) is 6.05. The SMILES string of the molecule is C=C1/C=C/[C@H](C(C)C)C(O)C/C(C)=C/CC1. The minimum Gasteiger partial charge on any atom is -0.392 e. The van der Waals surface area contributed by atoms with E-state index in [0.717, 1.165) is 24.8 Å². The standard InChI is InChI=1S/C15H24O/c1-11(2)14-9-8-12(3)6-5-7-13(4)10-15(14)16/h7-9,11,14-16H,3,5-6,10H2,1-2,4H3/b9-8+,13-7+/t14-,15?/m1/s1. The van der Waals surface area contributed by atoms with E-state index in [2.05, 4.69) is 45.6 Å². The molecule has 1 aliphatic rings. The number of allylic oxidation sites excluding steroid dienone is 3. The van der Waals surface area contributed by atoms with Gasteiger partial charge in [-0.2, -0.15) is 0 Å². The Balaban J connectivity index is 2.85. The van der Waals surface area contributed by atoms with Gasteiger partial charge < -0.3 is 5.11 Å². The molecule has 1 nitrogen and oxygen atoms in total. The summed E-state index contributed by atoms with van der Waals surface area (Å²) in [5.74, 6) is 0.699. The summed E-state index contributed by atoms with van der Waals surface area (Å²) in [5, 5.41) is 10.2. The molecule has 1 unspecified atom stereocenters. The van der Waals surface area contributed by atoms with Crippen LogP contribution in [0, 0.1) is 11.8 Å². The molecule has 1 heteroatoms. The minimum atomic E-state index is -0.265. The molecule has 0 amide bonds. The van der Waals surface area contributed by atoms with Crippen LogP contribution < -0.4 is 0 Å². The molecule has 16 heavy (non-hydrogen) atoms. The second-order valence-corrected chi connectivity index (χ2v) is 5.20. The fraction of sp³-hybridized carbons (Fsp3) is 0.600. The van der Waals surface area contributed by atoms with Gasteiger partial charge in [0.05, 0.1) is 6.10 Å². The molecule has 1 rings (SSSR count). The summed E-state index contributed by atoms with van der Waals surface area (Å²) in [6.45, 7) is 10.5. The Labute approximate surface area is 99.6 Å². The molecule has 0 aromatic carbocycles. The Morgan fingerprint density at radius 3 is 2.75 bits per heavy atom. The van der Waals surface area contributed by atoms with Gasteiger partial charge in [0.25, 0.3) is 0 Å².